The van der Waals surface area contributed by atoms with E-state index in [0.29, 0.717) is 18.0 Å². The average molecular weight is 491 g/mol. The molecule has 2 N–H and O–H groups in total. The SMILES string of the molecule is Cc1cc(C(C(=O)N2C[C@H](O)C[C@H]2C2=NC(C)(c3ccc(Br)cc3)ON2)C(C)C)on1. The number of amidine groups is 1. The lowest BCUT2D eigenvalue weighted by atomic mass is 9.91. The minimum absolute atomic E-state index is 0.000926. The number of aliphatic imine (C=N–C) groups is 1. The summed E-state index contributed by atoms with van der Waals surface area (Å²) in [6, 6.07) is 9.11. The Morgan fingerprint density at radius 2 is 2.06 bits per heavy atom. The van der Waals surface area contributed by atoms with Gasteiger partial charge in [0.1, 0.15) is 17.5 Å². The molecule has 0 aliphatic carbocycles. The normalized spacial score (nSPS) is 26.8. The van der Waals surface area contributed by atoms with Crippen molar-refractivity contribution in [2.45, 2.75) is 57.9 Å². The number of likely N-dealkylation sites (tertiary alicyclic amines) is 1. The maximum Gasteiger partial charge on any atom is 0.234 e. The number of benzene rings is 1. The molecule has 166 valence electrons. The van der Waals surface area contributed by atoms with Gasteiger partial charge in [0.15, 0.2) is 0 Å². The van der Waals surface area contributed by atoms with E-state index >= 15 is 0 Å². The first kappa shape index (κ1) is 22.0. The van der Waals surface area contributed by atoms with Crippen LogP contribution in [0.3, 0.4) is 0 Å². The van der Waals surface area contributed by atoms with Gasteiger partial charge < -0.3 is 14.5 Å². The van der Waals surface area contributed by atoms with Crippen LogP contribution in [0.1, 0.15) is 50.1 Å². The summed E-state index contributed by atoms with van der Waals surface area (Å²) in [6.07, 6.45) is -0.250. The van der Waals surface area contributed by atoms with Crippen molar-refractivity contribution >= 4 is 27.7 Å². The first-order chi connectivity index (χ1) is 14.7. The maximum absolute atomic E-state index is 13.6. The Kier molecular flexibility index (Phi) is 5.93. The van der Waals surface area contributed by atoms with Crippen LogP contribution in [-0.4, -0.2) is 45.6 Å². The molecule has 0 spiro atoms. The van der Waals surface area contributed by atoms with E-state index in [-0.39, 0.29) is 18.4 Å². The van der Waals surface area contributed by atoms with Crippen molar-refractivity contribution in [2.75, 3.05) is 6.54 Å². The Hall–Kier alpha value is -2.23. The number of nitrogens with one attached hydrogen (secondary N) is 1. The van der Waals surface area contributed by atoms with E-state index in [1.165, 1.54) is 0 Å². The topological polar surface area (TPSA) is 100 Å². The summed E-state index contributed by atoms with van der Waals surface area (Å²) in [7, 11) is 0. The van der Waals surface area contributed by atoms with Gasteiger partial charge in [-0.2, -0.15) is 0 Å². The lowest BCUT2D eigenvalue weighted by molar-refractivity contribution is -0.134. The first-order valence-corrected chi connectivity index (χ1v) is 11.2. The molecule has 2 unspecified atom stereocenters. The van der Waals surface area contributed by atoms with Crippen LogP contribution in [0.2, 0.25) is 0 Å². The fourth-order valence-corrected chi connectivity index (χ4v) is 4.48. The molecule has 8 nitrogen and oxygen atoms in total. The van der Waals surface area contributed by atoms with Crippen LogP contribution >= 0.6 is 15.9 Å². The lowest BCUT2D eigenvalue weighted by Crippen LogP contribution is -2.46. The van der Waals surface area contributed by atoms with Crippen LogP contribution in [0.5, 0.6) is 0 Å². The second-order valence-electron chi connectivity index (χ2n) is 8.68. The number of β-amino-alcohol motifs (C(OH)–C–C–N with tert-alkyl or cyclic N) is 1. The molecule has 0 bridgehead atoms. The van der Waals surface area contributed by atoms with Gasteiger partial charge in [-0.05, 0) is 31.9 Å². The highest BCUT2D eigenvalue weighted by molar-refractivity contribution is 9.10. The van der Waals surface area contributed by atoms with Gasteiger partial charge in [-0.25, -0.2) is 15.3 Å². The van der Waals surface area contributed by atoms with E-state index in [2.05, 4.69) is 26.6 Å². The minimum atomic E-state index is -0.919. The Morgan fingerprint density at radius 3 is 2.68 bits per heavy atom. The molecule has 31 heavy (non-hydrogen) atoms. The summed E-state index contributed by atoms with van der Waals surface area (Å²) in [6.45, 7) is 7.87. The van der Waals surface area contributed by atoms with Gasteiger partial charge in [0.25, 0.3) is 0 Å². The first-order valence-electron chi connectivity index (χ1n) is 10.4. The van der Waals surface area contributed by atoms with Gasteiger partial charge in [0.2, 0.25) is 11.6 Å². The van der Waals surface area contributed by atoms with Gasteiger partial charge in [-0.3, -0.25) is 4.79 Å². The zero-order valence-corrected chi connectivity index (χ0v) is 19.6. The van der Waals surface area contributed by atoms with Crippen LogP contribution in [0.15, 0.2) is 44.3 Å². The summed E-state index contributed by atoms with van der Waals surface area (Å²) in [5.41, 5.74) is 3.61. The van der Waals surface area contributed by atoms with E-state index in [1.807, 2.05) is 52.0 Å². The Bertz CT molecular complexity index is 990. The van der Waals surface area contributed by atoms with Crippen LogP contribution in [0, 0.1) is 12.8 Å². The van der Waals surface area contributed by atoms with Crippen LogP contribution < -0.4 is 5.48 Å². The van der Waals surface area contributed by atoms with Crippen molar-refractivity contribution in [1.29, 1.82) is 0 Å². The Labute approximate surface area is 189 Å². The zero-order valence-electron chi connectivity index (χ0n) is 18.0. The second-order valence-corrected chi connectivity index (χ2v) is 9.59. The second kappa shape index (κ2) is 8.37. The average Bonchev–Trinajstić information content (AvgIpc) is 3.41. The highest BCUT2D eigenvalue weighted by Crippen LogP contribution is 2.35. The van der Waals surface area contributed by atoms with Gasteiger partial charge in [-0.15, -0.1) is 0 Å². The predicted molar refractivity (Wildman–Crippen MR) is 118 cm³/mol. The van der Waals surface area contributed by atoms with Crippen LogP contribution in [0.4, 0.5) is 0 Å². The Morgan fingerprint density at radius 1 is 1.35 bits per heavy atom. The molecular formula is C22H27BrN4O4. The molecule has 2 aromatic rings. The Balaban J connectivity index is 1.62. The number of aliphatic hydroxyl groups excluding tert-OH is 1. The number of hydrogen-bond acceptors (Lipinski definition) is 7. The minimum Gasteiger partial charge on any atom is -0.391 e. The number of carbonyl (C=O) groups excluding carboxylic acids is 1. The third-order valence-corrected chi connectivity index (χ3v) is 6.36. The van der Waals surface area contributed by atoms with Gasteiger partial charge in [-0.1, -0.05) is 47.1 Å². The standard InChI is InChI=1S/C22H27BrN4O4/c1-12(2)19(18-9-13(3)25-30-18)21(29)27-11-16(28)10-17(27)20-24-22(4,31-26-20)14-5-7-15(23)8-6-14/h5-9,12,16-17,19,28H,10-11H2,1-4H3,(H,24,26)/t16-,17+,19?,22?/m1/s1. The van der Waals surface area contributed by atoms with Crippen molar-refractivity contribution in [3.63, 3.8) is 0 Å². The van der Waals surface area contributed by atoms with Gasteiger partial charge in [0.05, 0.1) is 17.8 Å². The third kappa shape index (κ3) is 4.26. The molecule has 1 saturated heterocycles. The summed E-state index contributed by atoms with van der Waals surface area (Å²) >= 11 is 3.44. The van der Waals surface area contributed by atoms with Crippen molar-refractivity contribution < 1.29 is 19.3 Å². The molecule has 0 saturated carbocycles. The summed E-state index contributed by atoms with van der Waals surface area (Å²) in [4.78, 5) is 25.9. The lowest BCUT2D eigenvalue weighted by Gasteiger charge is -2.29. The third-order valence-electron chi connectivity index (χ3n) is 5.83. The van der Waals surface area contributed by atoms with Gasteiger partial charge in [0, 0.05) is 29.1 Å². The molecule has 1 fully saturated rings. The number of halogens is 1. The number of aromatic nitrogens is 1. The van der Waals surface area contributed by atoms with E-state index in [9.17, 15) is 9.90 Å². The predicted octanol–water partition coefficient (Wildman–Crippen LogP) is 3.25. The smallest absolute Gasteiger partial charge is 0.234 e. The van der Waals surface area contributed by atoms with Crippen molar-refractivity contribution in [2.24, 2.45) is 10.9 Å². The molecule has 2 aliphatic heterocycles. The number of hydrogen-bond donors (Lipinski definition) is 2. The van der Waals surface area contributed by atoms with Crippen molar-refractivity contribution in [3.8, 4) is 0 Å². The fourth-order valence-electron chi connectivity index (χ4n) is 4.21. The monoisotopic (exact) mass is 490 g/mol. The van der Waals surface area contributed by atoms with E-state index < -0.39 is 23.8 Å². The maximum atomic E-state index is 13.6. The van der Waals surface area contributed by atoms with Crippen molar-refractivity contribution in [3.05, 3.63) is 51.8 Å². The zero-order chi connectivity index (χ0) is 22.3. The number of hydroxylamine groups is 1. The molecule has 2 aliphatic rings. The molecule has 1 aromatic carbocycles. The van der Waals surface area contributed by atoms with E-state index in [4.69, 9.17) is 14.4 Å². The van der Waals surface area contributed by atoms with E-state index in [0.717, 1.165) is 15.7 Å². The molecule has 4 atom stereocenters. The highest BCUT2D eigenvalue weighted by Gasteiger charge is 2.45. The number of amides is 1. The number of aliphatic hydroxyl groups is 1. The molecule has 0 radical (unpaired) electrons. The largest absolute Gasteiger partial charge is 0.391 e. The molecule has 1 aromatic heterocycles. The highest BCUT2D eigenvalue weighted by atomic mass is 79.9. The molecule has 9 heteroatoms. The summed E-state index contributed by atoms with van der Waals surface area (Å²) in [5, 5.41) is 14.3. The molecule has 1 amide bonds. The molecular weight excluding hydrogens is 464 g/mol. The summed E-state index contributed by atoms with van der Waals surface area (Å²) < 4.78 is 6.39. The van der Waals surface area contributed by atoms with E-state index in [1.54, 1.807) is 11.0 Å². The quantitative estimate of drug-likeness (QED) is 0.666. The van der Waals surface area contributed by atoms with Crippen molar-refractivity contribution in [1.82, 2.24) is 15.5 Å². The molecule has 3 heterocycles. The van der Waals surface area contributed by atoms with Gasteiger partial charge >= 0.3 is 0 Å². The summed E-state index contributed by atoms with van der Waals surface area (Å²) in [5.74, 6) is 0.465. The molecule has 4 rings (SSSR count). The number of rotatable bonds is 5. The number of nitrogens with zero attached hydrogens (tertiary/aromatic N) is 3. The fraction of sp³-hybridized carbons (Fsp3) is 0.500. The van der Waals surface area contributed by atoms with Crippen LogP contribution in [-0.2, 0) is 15.4 Å². The van der Waals surface area contributed by atoms with Crippen LogP contribution in [0.25, 0.3) is 0 Å². The number of aryl methyl sites for hydroxylation is 1. The number of carbonyl (C=O) groups is 1.